The fourth-order valence-corrected chi connectivity index (χ4v) is 2.82. The summed E-state index contributed by atoms with van der Waals surface area (Å²) in [7, 11) is 3.14. The fourth-order valence-electron chi connectivity index (χ4n) is 2.82. The van der Waals surface area contributed by atoms with E-state index in [1.165, 1.54) is 18.2 Å². The number of ether oxygens (including phenoxy) is 1. The highest BCUT2D eigenvalue weighted by atomic mass is 16.5. The summed E-state index contributed by atoms with van der Waals surface area (Å²) in [4.78, 5) is 18.9. The first-order chi connectivity index (χ1) is 12.6. The first-order valence-corrected chi connectivity index (χ1v) is 8.19. The molecule has 26 heavy (non-hydrogen) atoms. The first kappa shape index (κ1) is 17.6. The van der Waals surface area contributed by atoms with Crippen LogP contribution in [0.5, 0.6) is 5.88 Å². The molecule has 1 aromatic heterocycles. The van der Waals surface area contributed by atoms with Crippen molar-refractivity contribution in [1.29, 1.82) is 0 Å². The number of amides is 1. The molecule has 1 amide bonds. The van der Waals surface area contributed by atoms with E-state index in [-0.39, 0.29) is 0 Å². The molecule has 3 aromatic rings. The van der Waals surface area contributed by atoms with Crippen molar-refractivity contribution in [2.75, 3.05) is 19.1 Å². The number of hydrogen-bond acceptors (Lipinski definition) is 4. The van der Waals surface area contributed by atoms with Crippen molar-refractivity contribution in [1.82, 2.24) is 4.98 Å². The molecule has 0 aliphatic carbocycles. The second-order valence-electron chi connectivity index (χ2n) is 5.87. The molecule has 0 bridgehead atoms. The summed E-state index contributed by atoms with van der Waals surface area (Å²) in [5, 5.41) is 11.5. The third kappa shape index (κ3) is 3.17. The van der Waals surface area contributed by atoms with E-state index in [2.05, 4.69) is 4.98 Å². The Hall–Kier alpha value is -3.18. The number of pyridine rings is 1. The minimum Gasteiger partial charge on any atom is -0.481 e. The van der Waals surface area contributed by atoms with Gasteiger partial charge in [-0.25, -0.2) is 4.98 Å². The van der Waals surface area contributed by atoms with E-state index in [1.54, 1.807) is 67.7 Å². The lowest BCUT2D eigenvalue weighted by Gasteiger charge is -2.32. The van der Waals surface area contributed by atoms with Crippen LogP contribution in [0.3, 0.4) is 0 Å². The van der Waals surface area contributed by atoms with Gasteiger partial charge in [0.05, 0.1) is 19.0 Å². The van der Waals surface area contributed by atoms with Crippen molar-refractivity contribution in [3.8, 4) is 5.88 Å². The van der Waals surface area contributed by atoms with Crippen molar-refractivity contribution < 1.29 is 14.6 Å². The molecule has 0 aliphatic rings. The van der Waals surface area contributed by atoms with Crippen LogP contribution < -0.4 is 9.64 Å². The van der Waals surface area contributed by atoms with Crippen LogP contribution in [-0.4, -0.2) is 30.2 Å². The number of aromatic nitrogens is 1. The number of methoxy groups -OCH3 is 1. The number of anilines is 1. The Balaban J connectivity index is 2.05. The Kier molecular flexibility index (Phi) is 5.00. The van der Waals surface area contributed by atoms with E-state index in [1.807, 2.05) is 12.1 Å². The molecular formula is C21H20N2O3. The maximum absolute atomic E-state index is 13.3. The summed E-state index contributed by atoms with van der Waals surface area (Å²) >= 11 is 0. The zero-order valence-corrected chi connectivity index (χ0v) is 14.7. The lowest BCUT2D eigenvalue weighted by atomic mass is 9.85. The molecule has 3 rings (SSSR count). The molecule has 5 nitrogen and oxygen atoms in total. The van der Waals surface area contributed by atoms with Gasteiger partial charge in [-0.1, -0.05) is 60.7 Å². The minimum atomic E-state index is -1.81. The van der Waals surface area contributed by atoms with Gasteiger partial charge in [0, 0.05) is 13.1 Å². The highest BCUT2D eigenvalue weighted by molar-refractivity contribution is 6.01. The first-order valence-electron chi connectivity index (χ1n) is 8.19. The van der Waals surface area contributed by atoms with Crippen LogP contribution in [0.15, 0.2) is 79.0 Å². The van der Waals surface area contributed by atoms with Gasteiger partial charge in [0.15, 0.2) is 5.60 Å². The molecule has 1 N–H and O–H groups in total. The molecule has 0 radical (unpaired) electrons. The van der Waals surface area contributed by atoms with E-state index in [0.29, 0.717) is 22.7 Å². The molecule has 0 spiro atoms. The van der Waals surface area contributed by atoms with E-state index in [9.17, 15) is 9.90 Å². The Morgan fingerprint density at radius 1 is 0.962 bits per heavy atom. The normalized spacial score (nSPS) is 11.0. The lowest BCUT2D eigenvalue weighted by Crippen LogP contribution is -2.46. The molecule has 0 atom stereocenters. The summed E-state index contributed by atoms with van der Waals surface area (Å²) in [6.45, 7) is 0. The number of benzene rings is 2. The van der Waals surface area contributed by atoms with Crippen LogP contribution in [0.2, 0.25) is 0 Å². The fraction of sp³-hybridized carbons (Fsp3) is 0.143. The Morgan fingerprint density at radius 3 is 1.92 bits per heavy atom. The highest BCUT2D eigenvalue weighted by Crippen LogP contribution is 2.33. The van der Waals surface area contributed by atoms with Crippen LogP contribution in [0, 0.1) is 0 Å². The molecule has 0 aliphatic heterocycles. The van der Waals surface area contributed by atoms with E-state index >= 15 is 0 Å². The molecule has 5 heteroatoms. The standard InChI is InChI=1S/C21H20N2O3/c1-23(18-13-14-19(26-2)22-15-18)20(24)21(25,16-9-5-3-6-10-16)17-11-7-4-8-12-17/h3-15,25H,1-2H3. The average Bonchev–Trinajstić information content (AvgIpc) is 2.73. The Labute approximate surface area is 152 Å². The molecule has 132 valence electrons. The molecule has 0 unspecified atom stereocenters. The third-order valence-electron chi connectivity index (χ3n) is 4.31. The van der Waals surface area contributed by atoms with E-state index in [4.69, 9.17) is 4.74 Å². The van der Waals surface area contributed by atoms with Crippen LogP contribution in [-0.2, 0) is 10.4 Å². The van der Waals surface area contributed by atoms with Crippen molar-refractivity contribution in [2.45, 2.75) is 5.60 Å². The SMILES string of the molecule is COc1ccc(N(C)C(=O)C(O)(c2ccccc2)c2ccccc2)cn1. The maximum atomic E-state index is 13.3. The summed E-state index contributed by atoms with van der Waals surface area (Å²) in [5.74, 6) is -0.0159. The maximum Gasteiger partial charge on any atom is 0.268 e. The molecule has 1 heterocycles. The van der Waals surface area contributed by atoms with Crippen LogP contribution in [0.4, 0.5) is 5.69 Å². The summed E-state index contributed by atoms with van der Waals surface area (Å²) in [5.41, 5.74) is -0.243. The summed E-state index contributed by atoms with van der Waals surface area (Å²) < 4.78 is 5.05. The van der Waals surface area contributed by atoms with Crippen LogP contribution in [0.25, 0.3) is 0 Å². The van der Waals surface area contributed by atoms with Gasteiger partial charge in [0.1, 0.15) is 0 Å². The number of nitrogens with zero attached hydrogens (tertiary/aromatic N) is 2. The van der Waals surface area contributed by atoms with Crippen molar-refractivity contribution in [3.05, 3.63) is 90.1 Å². The number of carbonyl (C=O) groups is 1. The quantitative estimate of drug-likeness (QED) is 0.770. The van der Waals surface area contributed by atoms with Crippen molar-refractivity contribution in [2.24, 2.45) is 0 Å². The van der Waals surface area contributed by atoms with Crippen molar-refractivity contribution in [3.63, 3.8) is 0 Å². The van der Waals surface area contributed by atoms with Gasteiger partial charge in [0.25, 0.3) is 5.91 Å². The number of rotatable bonds is 5. The number of aliphatic hydroxyl groups is 1. The predicted octanol–water partition coefficient (Wildman–Crippen LogP) is 2.99. The van der Waals surface area contributed by atoms with Gasteiger partial charge in [-0.3, -0.25) is 4.79 Å². The van der Waals surface area contributed by atoms with Crippen molar-refractivity contribution >= 4 is 11.6 Å². The lowest BCUT2D eigenvalue weighted by molar-refractivity contribution is -0.133. The van der Waals surface area contributed by atoms with Gasteiger partial charge >= 0.3 is 0 Å². The zero-order valence-electron chi connectivity index (χ0n) is 14.7. The number of likely N-dealkylation sites (N-methyl/N-ethyl adjacent to an activating group) is 1. The van der Waals surface area contributed by atoms with Crippen LogP contribution in [0.1, 0.15) is 11.1 Å². The molecule has 2 aromatic carbocycles. The van der Waals surface area contributed by atoms with Gasteiger partial charge in [-0.05, 0) is 17.2 Å². The van der Waals surface area contributed by atoms with E-state index < -0.39 is 11.5 Å². The van der Waals surface area contributed by atoms with Gasteiger partial charge < -0.3 is 14.7 Å². The third-order valence-corrected chi connectivity index (χ3v) is 4.31. The molecule has 0 fully saturated rings. The average molecular weight is 348 g/mol. The summed E-state index contributed by atoms with van der Waals surface area (Å²) in [6, 6.07) is 21.2. The minimum absolute atomic E-state index is 0.455. The van der Waals surface area contributed by atoms with Gasteiger partial charge in [0.2, 0.25) is 5.88 Å². The monoisotopic (exact) mass is 348 g/mol. The molecule has 0 saturated carbocycles. The topological polar surface area (TPSA) is 62.7 Å². The smallest absolute Gasteiger partial charge is 0.268 e. The largest absolute Gasteiger partial charge is 0.481 e. The van der Waals surface area contributed by atoms with Gasteiger partial charge in [-0.15, -0.1) is 0 Å². The second kappa shape index (κ2) is 7.37. The Bertz CT molecular complexity index is 825. The Morgan fingerprint density at radius 2 is 1.50 bits per heavy atom. The molecular weight excluding hydrogens is 328 g/mol. The van der Waals surface area contributed by atoms with Gasteiger partial charge in [-0.2, -0.15) is 0 Å². The predicted molar refractivity (Wildman–Crippen MR) is 100 cm³/mol. The number of carbonyl (C=O) groups excluding carboxylic acids is 1. The number of hydrogen-bond donors (Lipinski definition) is 1. The molecule has 0 saturated heterocycles. The highest BCUT2D eigenvalue weighted by Gasteiger charge is 2.42. The van der Waals surface area contributed by atoms with Crippen LogP contribution >= 0.6 is 0 Å². The second-order valence-corrected chi connectivity index (χ2v) is 5.87. The summed E-state index contributed by atoms with van der Waals surface area (Å²) in [6.07, 6.45) is 1.53. The zero-order chi connectivity index (χ0) is 18.6. The van der Waals surface area contributed by atoms with E-state index in [0.717, 1.165) is 0 Å².